The summed E-state index contributed by atoms with van der Waals surface area (Å²) in [5.74, 6) is 0.813. The van der Waals surface area contributed by atoms with Crippen molar-refractivity contribution in [3.63, 3.8) is 0 Å². The summed E-state index contributed by atoms with van der Waals surface area (Å²) in [5, 5.41) is 12.4. The number of benzene rings is 1. The third kappa shape index (κ3) is 2.47. The van der Waals surface area contributed by atoms with E-state index in [0.717, 1.165) is 17.9 Å². The lowest BCUT2D eigenvalue weighted by Gasteiger charge is -2.18. The second kappa shape index (κ2) is 5.62. The minimum absolute atomic E-state index is 0.0452. The first-order valence-electron chi connectivity index (χ1n) is 4.80. The van der Waals surface area contributed by atoms with Gasteiger partial charge in [0.05, 0.1) is 19.8 Å². The molecule has 0 heterocycles. The van der Waals surface area contributed by atoms with Crippen molar-refractivity contribution in [1.29, 1.82) is 0 Å². The number of aliphatic hydroxyl groups is 1. The Morgan fingerprint density at radius 1 is 1.43 bits per heavy atom. The summed E-state index contributed by atoms with van der Waals surface area (Å²) >= 11 is 0. The first-order chi connectivity index (χ1) is 6.83. The molecule has 2 N–H and O–H groups in total. The van der Waals surface area contributed by atoms with Crippen LogP contribution >= 0.6 is 0 Å². The van der Waals surface area contributed by atoms with Gasteiger partial charge in [-0.2, -0.15) is 0 Å². The fourth-order valence-electron chi connectivity index (χ4n) is 1.47. The van der Waals surface area contributed by atoms with Crippen LogP contribution in [-0.2, 0) is 0 Å². The van der Waals surface area contributed by atoms with Crippen LogP contribution in [0.3, 0.4) is 0 Å². The molecule has 0 fully saturated rings. The van der Waals surface area contributed by atoms with Crippen molar-refractivity contribution in [3.8, 4) is 5.75 Å². The van der Waals surface area contributed by atoms with E-state index in [2.05, 4.69) is 5.32 Å². The molecule has 0 aliphatic heterocycles. The Morgan fingerprint density at radius 3 is 2.71 bits per heavy atom. The van der Waals surface area contributed by atoms with Crippen molar-refractivity contribution in [3.05, 3.63) is 29.8 Å². The van der Waals surface area contributed by atoms with Crippen LogP contribution in [0.1, 0.15) is 18.5 Å². The highest BCUT2D eigenvalue weighted by Gasteiger charge is 2.12. The molecule has 0 spiro atoms. The van der Waals surface area contributed by atoms with E-state index in [9.17, 15) is 5.11 Å². The maximum absolute atomic E-state index is 9.21. The summed E-state index contributed by atoms with van der Waals surface area (Å²) in [5.41, 5.74) is 0.999. The van der Waals surface area contributed by atoms with E-state index in [0.29, 0.717) is 0 Å². The molecule has 14 heavy (non-hydrogen) atoms. The lowest BCUT2D eigenvalue weighted by Crippen LogP contribution is -2.24. The summed E-state index contributed by atoms with van der Waals surface area (Å²) in [4.78, 5) is 0. The molecule has 0 amide bonds. The summed E-state index contributed by atoms with van der Waals surface area (Å²) in [6.07, 6.45) is 0. The third-order valence-corrected chi connectivity index (χ3v) is 2.15. The van der Waals surface area contributed by atoms with E-state index < -0.39 is 0 Å². The van der Waals surface area contributed by atoms with Crippen molar-refractivity contribution in [1.82, 2.24) is 5.32 Å². The van der Waals surface area contributed by atoms with Gasteiger partial charge in [-0.25, -0.2) is 0 Å². The van der Waals surface area contributed by atoms with Gasteiger partial charge in [-0.3, -0.25) is 0 Å². The summed E-state index contributed by atoms with van der Waals surface area (Å²) in [6.45, 7) is 2.91. The average molecular weight is 195 g/mol. The summed E-state index contributed by atoms with van der Waals surface area (Å²) in [6, 6.07) is 7.68. The largest absolute Gasteiger partial charge is 0.496 e. The Morgan fingerprint density at radius 2 is 2.14 bits per heavy atom. The molecule has 1 atom stereocenters. The van der Waals surface area contributed by atoms with Crippen LogP contribution in [-0.4, -0.2) is 25.4 Å². The molecule has 0 saturated heterocycles. The van der Waals surface area contributed by atoms with Gasteiger partial charge < -0.3 is 15.2 Å². The Labute approximate surface area is 84.7 Å². The number of para-hydroxylation sites is 1. The predicted molar refractivity (Wildman–Crippen MR) is 56.5 cm³/mol. The van der Waals surface area contributed by atoms with Gasteiger partial charge in [0.25, 0.3) is 0 Å². The number of hydrogen-bond acceptors (Lipinski definition) is 3. The van der Waals surface area contributed by atoms with Crippen LogP contribution in [0.4, 0.5) is 0 Å². The van der Waals surface area contributed by atoms with Crippen LogP contribution < -0.4 is 10.1 Å². The van der Waals surface area contributed by atoms with Crippen molar-refractivity contribution in [2.45, 2.75) is 13.0 Å². The first-order valence-corrected chi connectivity index (χ1v) is 4.80. The maximum atomic E-state index is 9.21. The highest BCUT2D eigenvalue weighted by molar-refractivity contribution is 5.35. The normalized spacial score (nSPS) is 12.5. The van der Waals surface area contributed by atoms with E-state index in [1.165, 1.54) is 0 Å². The van der Waals surface area contributed by atoms with E-state index in [4.69, 9.17) is 4.74 Å². The van der Waals surface area contributed by atoms with Gasteiger partial charge in [0.1, 0.15) is 5.75 Å². The highest BCUT2D eigenvalue weighted by atomic mass is 16.5. The zero-order valence-electron chi connectivity index (χ0n) is 8.66. The lowest BCUT2D eigenvalue weighted by atomic mass is 10.1. The van der Waals surface area contributed by atoms with Gasteiger partial charge in [0.2, 0.25) is 0 Å². The smallest absolute Gasteiger partial charge is 0.123 e. The fraction of sp³-hybridized carbons (Fsp3) is 0.455. The van der Waals surface area contributed by atoms with Crippen molar-refractivity contribution < 1.29 is 9.84 Å². The average Bonchev–Trinajstić information content (AvgIpc) is 2.26. The monoisotopic (exact) mass is 195 g/mol. The Bertz CT molecular complexity index is 276. The molecular weight excluding hydrogens is 178 g/mol. The lowest BCUT2D eigenvalue weighted by molar-refractivity contribution is 0.243. The highest BCUT2D eigenvalue weighted by Crippen LogP contribution is 2.23. The number of likely N-dealkylation sites (N-methyl/N-ethyl adjacent to an activating group) is 1. The van der Waals surface area contributed by atoms with Crippen LogP contribution in [0.2, 0.25) is 0 Å². The van der Waals surface area contributed by atoms with Crippen LogP contribution in [0.5, 0.6) is 5.75 Å². The number of nitrogens with one attached hydrogen (secondary N) is 1. The molecular formula is C11H17NO2. The maximum Gasteiger partial charge on any atom is 0.123 e. The van der Waals surface area contributed by atoms with E-state index in [1.54, 1.807) is 7.11 Å². The van der Waals surface area contributed by atoms with Crippen molar-refractivity contribution in [2.24, 2.45) is 0 Å². The molecule has 0 aromatic heterocycles. The molecule has 1 aromatic rings. The molecule has 1 rings (SSSR count). The van der Waals surface area contributed by atoms with Gasteiger partial charge in [-0.1, -0.05) is 25.1 Å². The predicted octanol–water partition coefficient (Wildman–Crippen LogP) is 1.34. The summed E-state index contributed by atoms with van der Waals surface area (Å²) in [7, 11) is 1.64. The van der Waals surface area contributed by atoms with Gasteiger partial charge >= 0.3 is 0 Å². The van der Waals surface area contributed by atoms with Crippen molar-refractivity contribution >= 4 is 0 Å². The number of rotatable bonds is 5. The fourth-order valence-corrected chi connectivity index (χ4v) is 1.47. The molecule has 0 bridgehead atoms. The number of ether oxygens (including phenoxy) is 1. The minimum Gasteiger partial charge on any atom is -0.496 e. The zero-order valence-corrected chi connectivity index (χ0v) is 8.66. The third-order valence-electron chi connectivity index (χ3n) is 2.15. The van der Waals surface area contributed by atoms with Gasteiger partial charge in [0.15, 0.2) is 0 Å². The molecule has 3 heteroatoms. The standard InChI is InChI=1S/C11H17NO2/c1-3-12-10(8-13)9-6-4-5-7-11(9)14-2/h4-7,10,12-13H,3,8H2,1-2H3. The first kappa shape index (κ1) is 11.0. The second-order valence-corrected chi connectivity index (χ2v) is 3.03. The number of hydrogen-bond donors (Lipinski definition) is 2. The van der Waals surface area contributed by atoms with Gasteiger partial charge in [-0.15, -0.1) is 0 Å². The topological polar surface area (TPSA) is 41.5 Å². The molecule has 1 unspecified atom stereocenters. The number of methoxy groups -OCH3 is 1. The molecule has 0 saturated carbocycles. The molecule has 78 valence electrons. The van der Waals surface area contributed by atoms with E-state index in [1.807, 2.05) is 31.2 Å². The SMILES string of the molecule is CCNC(CO)c1ccccc1OC. The Balaban J connectivity index is 2.90. The zero-order chi connectivity index (χ0) is 10.4. The van der Waals surface area contributed by atoms with E-state index >= 15 is 0 Å². The van der Waals surface area contributed by atoms with Crippen LogP contribution in [0, 0.1) is 0 Å². The quantitative estimate of drug-likeness (QED) is 0.745. The number of aliphatic hydroxyl groups excluding tert-OH is 1. The Kier molecular flexibility index (Phi) is 4.43. The second-order valence-electron chi connectivity index (χ2n) is 3.03. The van der Waals surface area contributed by atoms with Crippen LogP contribution in [0.25, 0.3) is 0 Å². The van der Waals surface area contributed by atoms with E-state index in [-0.39, 0.29) is 12.6 Å². The van der Waals surface area contributed by atoms with Crippen molar-refractivity contribution in [2.75, 3.05) is 20.3 Å². The molecule has 1 aromatic carbocycles. The summed E-state index contributed by atoms with van der Waals surface area (Å²) < 4.78 is 5.22. The van der Waals surface area contributed by atoms with Crippen LogP contribution in [0.15, 0.2) is 24.3 Å². The minimum atomic E-state index is -0.0452. The molecule has 0 aliphatic rings. The van der Waals surface area contributed by atoms with Gasteiger partial charge in [-0.05, 0) is 12.6 Å². The molecule has 0 radical (unpaired) electrons. The Hall–Kier alpha value is -1.06. The molecule has 0 aliphatic carbocycles. The molecule has 3 nitrogen and oxygen atoms in total. The van der Waals surface area contributed by atoms with Gasteiger partial charge in [0, 0.05) is 5.56 Å².